The van der Waals surface area contributed by atoms with E-state index in [0.717, 1.165) is 67.9 Å². The molecule has 1 aromatic rings. The Morgan fingerprint density at radius 3 is 2.78 bits per heavy atom. The van der Waals surface area contributed by atoms with Crippen molar-refractivity contribution in [1.29, 1.82) is 0 Å². The van der Waals surface area contributed by atoms with Crippen molar-refractivity contribution < 1.29 is 4.74 Å². The average molecular weight is 272 g/mol. The SMILES string of the molecule is CCc1nn(C)c(CNCC2CCOCC2)c1Cl. The molecule has 0 saturated carbocycles. The summed E-state index contributed by atoms with van der Waals surface area (Å²) in [5.74, 6) is 0.733. The molecule has 0 atom stereocenters. The van der Waals surface area contributed by atoms with Crippen molar-refractivity contribution in [2.45, 2.75) is 32.7 Å². The molecule has 1 aliphatic heterocycles. The van der Waals surface area contributed by atoms with E-state index in [0.29, 0.717) is 0 Å². The molecule has 102 valence electrons. The molecule has 2 heterocycles. The first-order chi connectivity index (χ1) is 8.72. The second kappa shape index (κ2) is 6.55. The number of aromatic nitrogens is 2. The van der Waals surface area contributed by atoms with Crippen molar-refractivity contribution in [1.82, 2.24) is 15.1 Å². The topological polar surface area (TPSA) is 39.1 Å². The molecule has 0 radical (unpaired) electrons. The summed E-state index contributed by atoms with van der Waals surface area (Å²) in [5, 5.41) is 8.73. The molecule has 1 N–H and O–H groups in total. The molecule has 0 bridgehead atoms. The molecule has 1 aliphatic rings. The Bertz CT molecular complexity index is 386. The Hall–Kier alpha value is -0.580. The lowest BCUT2D eigenvalue weighted by Crippen LogP contribution is -2.28. The van der Waals surface area contributed by atoms with Crippen molar-refractivity contribution >= 4 is 11.6 Å². The van der Waals surface area contributed by atoms with E-state index in [9.17, 15) is 0 Å². The van der Waals surface area contributed by atoms with Gasteiger partial charge in [-0.15, -0.1) is 0 Å². The zero-order valence-corrected chi connectivity index (χ0v) is 12.0. The Kier molecular flexibility index (Phi) is 5.03. The van der Waals surface area contributed by atoms with Gasteiger partial charge in [-0.3, -0.25) is 4.68 Å². The number of hydrogen-bond acceptors (Lipinski definition) is 3. The van der Waals surface area contributed by atoms with E-state index in [1.165, 1.54) is 0 Å². The van der Waals surface area contributed by atoms with Crippen molar-refractivity contribution in [2.24, 2.45) is 13.0 Å². The van der Waals surface area contributed by atoms with Crippen molar-refractivity contribution in [3.05, 3.63) is 16.4 Å². The van der Waals surface area contributed by atoms with Gasteiger partial charge in [0, 0.05) is 26.8 Å². The minimum atomic E-state index is 0.733. The third kappa shape index (κ3) is 3.25. The minimum Gasteiger partial charge on any atom is -0.381 e. The summed E-state index contributed by atoms with van der Waals surface area (Å²) in [5.41, 5.74) is 2.07. The average Bonchev–Trinajstić information content (AvgIpc) is 2.67. The van der Waals surface area contributed by atoms with Crippen LogP contribution in [0.25, 0.3) is 0 Å². The summed E-state index contributed by atoms with van der Waals surface area (Å²) in [6, 6.07) is 0. The quantitative estimate of drug-likeness (QED) is 0.892. The number of halogens is 1. The first-order valence-electron chi connectivity index (χ1n) is 6.71. The highest BCUT2D eigenvalue weighted by molar-refractivity contribution is 6.31. The Morgan fingerprint density at radius 2 is 2.17 bits per heavy atom. The van der Waals surface area contributed by atoms with Gasteiger partial charge in [0.2, 0.25) is 0 Å². The van der Waals surface area contributed by atoms with Crippen LogP contribution in [0, 0.1) is 5.92 Å². The highest BCUT2D eigenvalue weighted by Crippen LogP contribution is 2.21. The molecule has 4 nitrogen and oxygen atoms in total. The van der Waals surface area contributed by atoms with Gasteiger partial charge in [-0.25, -0.2) is 0 Å². The van der Waals surface area contributed by atoms with Gasteiger partial charge in [0.25, 0.3) is 0 Å². The molecule has 5 heteroatoms. The largest absolute Gasteiger partial charge is 0.381 e. The lowest BCUT2D eigenvalue weighted by atomic mass is 10.0. The molecule has 18 heavy (non-hydrogen) atoms. The number of ether oxygens (including phenoxy) is 1. The molecule has 0 aliphatic carbocycles. The molecule has 0 unspecified atom stereocenters. The maximum Gasteiger partial charge on any atom is 0.0863 e. The van der Waals surface area contributed by atoms with Crippen LogP contribution in [-0.2, 0) is 24.8 Å². The van der Waals surface area contributed by atoms with Crippen LogP contribution in [-0.4, -0.2) is 29.5 Å². The number of hydrogen-bond donors (Lipinski definition) is 1. The third-order valence-corrected chi connectivity index (χ3v) is 4.01. The van der Waals surface area contributed by atoms with Gasteiger partial charge >= 0.3 is 0 Å². The van der Waals surface area contributed by atoms with E-state index >= 15 is 0 Å². The van der Waals surface area contributed by atoms with Crippen LogP contribution in [0.2, 0.25) is 5.02 Å². The fourth-order valence-corrected chi connectivity index (χ4v) is 2.72. The summed E-state index contributed by atoms with van der Waals surface area (Å²) in [6.07, 6.45) is 3.20. The molecular formula is C13H22ClN3O. The zero-order valence-electron chi connectivity index (χ0n) is 11.2. The van der Waals surface area contributed by atoms with Gasteiger partial charge in [0.15, 0.2) is 0 Å². The zero-order chi connectivity index (χ0) is 13.0. The summed E-state index contributed by atoms with van der Waals surface area (Å²) >= 11 is 6.31. The van der Waals surface area contributed by atoms with E-state index in [1.54, 1.807) is 0 Å². The lowest BCUT2D eigenvalue weighted by molar-refractivity contribution is 0.0662. The maximum absolute atomic E-state index is 6.31. The molecule has 1 fully saturated rings. The second-order valence-corrected chi connectivity index (χ2v) is 5.25. The van der Waals surface area contributed by atoms with Crippen molar-refractivity contribution in [3.63, 3.8) is 0 Å². The summed E-state index contributed by atoms with van der Waals surface area (Å²) in [7, 11) is 1.95. The normalized spacial score (nSPS) is 17.3. The molecule has 0 amide bonds. The predicted molar refractivity (Wildman–Crippen MR) is 72.8 cm³/mol. The first kappa shape index (κ1) is 13.8. The number of aryl methyl sites for hydroxylation is 2. The predicted octanol–water partition coefficient (Wildman–Crippen LogP) is 2.15. The van der Waals surface area contributed by atoms with E-state index in [2.05, 4.69) is 17.3 Å². The van der Waals surface area contributed by atoms with Crippen LogP contribution in [0.4, 0.5) is 0 Å². The summed E-state index contributed by atoms with van der Waals surface area (Å²) in [4.78, 5) is 0. The lowest BCUT2D eigenvalue weighted by Gasteiger charge is -2.22. The first-order valence-corrected chi connectivity index (χ1v) is 7.08. The Morgan fingerprint density at radius 1 is 1.44 bits per heavy atom. The van der Waals surface area contributed by atoms with Crippen LogP contribution in [0.15, 0.2) is 0 Å². The third-order valence-electron chi connectivity index (χ3n) is 3.57. The van der Waals surface area contributed by atoms with Gasteiger partial charge in [-0.1, -0.05) is 18.5 Å². The van der Waals surface area contributed by atoms with Crippen molar-refractivity contribution in [3.8, 4) is 0 Å². The number of rotatable bonds is 5. The van der Waals surface area contributed by atoms with Crippen LogP contribution in [0.3, 0.4) is 0 Å². The van der Waals surface area contributed by atoms with Crippen LogP contribution in [0.5, 0.6) is 0 Å². The molecule has 2 rings (SSSR count). The smallest absolute Gasteiger partial charge is 0.0863 e. The molecule has 1 saturated heterocycles. The van der Waals surface area contributed by atoms with Crippen LogP contribution in [0.1, 0.15) is 31.2 Å². The molecular weight excluding hydrogens is 250 g/mol. The monoisotopic (exact) mass is 271 g/mol. The molecule has 0 aromatic carbocycles. The fraction of sp³-hybridized carbons (Fsp3) is 0.769. The van der Waals surface area contributed by atoms with E-state index < -0.39 is 0 Å². The summed E-state index contributed by atoms with van der Waals surface area (Å²) in [6.45, 7) is 5.71. The van der Waals surface area contributed by atoms with E-state index in [-0.39, 0.29) is 0 Å². The minimum absolute atomic E-state index is 0.733. The highest BCUT2D eigenvalue weighted by Gasteiger charge is 2.15. The van der Waals surface area contributed by atoms with Crippen molar-refractivity contribution in [2.75, 3.05) is 19.8 Å². The van der Waals surface area contributed by atoms with E-state index in [4.69, 9.17) is 16.3 Å². The fourth-order valence-electron chi connectivity index (χ4n) is 2.36. The second-order valence-electron chi connectivity index (χ2n) is 4.87. The number of nitrogens with one attached hydrogen (secondary N) is 1. The van der Waals surface area contributed by atoms with Crippen LogP contribution < -0.4 is 5.32 Å². The Labute approximate surface area is 114 Å². The van der Waals surface area contributed by atoms with E-state index in [1.807, 2.05) is 11.7 Å². The standard InChI is InChI=1S/C13H22ClN3O/c1-3-11-13(14)12(17(2)16-11)9-15-8-10-4-6-18-7-5-10/h10,15H,3-9H2,1-2H3. The van der Waals surface area contributed by atoms with Gasteiger partial charge in [0.1, 0.15) is 0 Å². The summed E-state index contributed by atoms with van der Waals surface area (Å²) < 4.78 is 7.24. The maximum atomic E-state index is 6.31. The Balaban J connectivity index is 1.84. The number of nitrogens with zero attached hydrogens (tertiary/aromatic N) is 2. The molecule has 1 aromatic heterocycles. The van der Waals surface area contributed by atoms with Crippen LogP contribution >= 0.6 is 11.6 Å². The molecule has 0 spiro atoms. The van der Waals surface area contributed by atoms with Gasteiger partial charge < -0.3 is 10.1 Å². The van der Waals surface area contributed by atoms with Gasteiger partial charge in [-0.2, -0.15) is 5.10 Å². The highest BCUT2D eigenvalue weighted by atomic mass is 35.5. The van der Waals surface area contributed by atoms with Gasteiger partial charge in [-0.05, 0) is 31.7 Å². The van der Waals surface area contributed by atoms with Gasteiger partial charge in [0.05, 0.1) is 16.4 Å².